The largest absolute Gasteiger partial charge is 0.495 e. The molecule has 1 aromatic heterocycles. The summed E-state index contributed by atoms with van der Waals surface area (Å²) in [5, 5.41) is 1.07. The molecule has 4 nitrogen and oxygen atoms in total. The Kier molecular flexibility index (Phi) is 3.70. The number of aromatic nitrogens is 1. The first-order chi connectivity index (χ1) is 9.33. The van der Waals surface area contributed by atoms with Gasteiger partial charge in [-0.25, -0.2) is 4.98 Å². The minimum Gasteiger partial charge on any atom is -0.495 e. The molecular weight excluding hydrogens is 280 g/mol. The summed E-state index contributed by atoms with van der Waals surface area (Å²) in [5.74, 6) is 4.02. The molecule has 19 heavy (non-hydrogen) atoms. The maximum atomic E-state index is 5.42. The minimum absolute atomic E-state index is 0.810. The molecule has 6 heteroatoms. The first-order valence-electron chi connectivity index (χ1n) is 6.17. The van der Waals surface area contributed by atoms with Crippen LogP contribution in [-0.2, 0) is 0 Å². The van der Waals surface area contributed by atoms with Crippen molar-refractivity contribution in [1.82, 2.24) is 4.98 Å². The van der Waals surface area contributed by atoms with Gasteiger partial charge in [-0.2, -0.15) is 11.8 Å². The molecule has 0 amide bonds. The van der Waals surface area contributed by atoms with Crippen LogP contribution in [0.4, 0.5) is 5.13 Å². The Bertz CT molecular complexity index is 538. The molecule has 2 aromatic rings. The predicted octanol–water partition coefficient (Wildman–Crippen LogP) is 2.87. The number of benzene rings is 1. The fourth-order valence-electron chi connectivity index (χ4n) is 2.16. The van der Waals surface area contributed by atoms with Crippen molar-refractivity contribution in [3.8, 4) is 11.5 Å². The summed E-state index contributed by atoms with van der Waals surface area (Å²) in [6.07, 6.45) is 0. The number of hydrogen-bond acceptors (Lipinski definition) is 6. The summed E-state index contributed by atoms with van der Waals surface area (Å²) in [6, 6.07) is 3.85. The molecule has 0 radical (unpaired) electrons. The normalized spacial score (nSPS) is 15.8. The van der Waals surface area contributed by atoms with Crippen LogP contribution in [0, 0.1) is 0 Å². The van der Waals surface area contributed by atoms with Crippen molar-refractivity contribution in [2.45, 2.75) is 0 Å². The first kappa shape index (κ1) is 12.9. The van der Waals surface area contributed by atoms with Crippen LogP contribution in [0.2, 0.25) is 0 Å². The third-order valence-electron chi connectivity index (χ3n) is 3.18. The van der Waals surface area contributed by atoms with Gasteiger partial charge in [-0.3, -0.25) is 0 Å². The quantitative estimate of drug-likeness (QED) is 0.870. The lowest BCUT2D eigenvalue weighted by atomic mass is 10.3. The number of anilines is 1. The summed E-state index contributed by atoms with van der Waals surface area (Å²) in [6.45, 7) is 2.13. The van der Waals surface area contributed by atoms with Crippen LogP contribution >= 0.6 is 23.1 Å². The molecule has 102 valence electrons. The van der Waals surface area contributed by atoms with Gasteiger partial charge in [0.1, 0.15) is 21.7 Å². The van der Waals surface area contributed by atoms with E-state index in [-0.39, 0.29) is 0 Å². The van der Waals surface area contributed by atoms with Gasteiger partial charge in [-0.1, -0.05) is 11.3 Å². The predicted molar refractivity (Wildman–Crippen MR) is 82.3 cm³/mol. The van der Waals surface area contributed by atoms with Crippen LogP contribution in [0.5, 0.6) is 11.5 Å². The number of hydrogen-bond donors (Lipinski definition) is 0. The Labute approximate surface area is 120 Å². The summed E-state index contributed by atoms with van der Waals surface area (Å²) in [4.78, 5) is 7.09. The second-order valence-corrected chi connectivity index (χ2v) is 6.45. The van der Waals surface area contributed by atoms with E-state index in [1.54, 1.807) is 25.6 Å². The molecular formula is C13H16N2O2S2. The van der Waals surface area contributed by atoms with E-state index < -0.39 is 0 Å². The standard InChI is InChI=1S/C13H16N2O2S2/c1-16-9-3-4-10(17-2)12-11(9)14-13(19-12)15-5-7-18-8-6-15/h3-4H,5-8H2,1-2H3. The van der Waals surface area contributed by atoms with Gasteiger partial charge in [0.25, 0.3) is 0 Å². The van der Waals surface area contributed by atoms with Gasteiger partial charge in [-0.05, 0) is 12.1 Å². The molecule has 1 aliphatic heterocycles. The molecule has 0 aliphatic carbocycles. The molecule has 2 heterocycles. The number of thioether (sulfide) groups is 1. The van der Waals surface area contributed by atoms with Crippen molar-refractivity contribution >= 4 is 38.4 Å². The third kappa shape index (κ3) is 2.34. The number of rotatable bonds is 3. The smallest absolute Gasteiger partial charge is 0.186 e. The highest BCUT2D eigenvalue weighted by molar-refractivity contribution is 7.99. The Hall–Kier alpha value is -1.14. The van der Waals surface area contributed by atoms with E-state index in [0.29, 0.717) is 0 Å². The van der Waals surface area contributed by atoms with Crippen molar-refractivity contribution in [3.63, 3.8) is 0 Å². The lowest BCUT2D eigenvalue weighted by Crippen LogP contribution is -2.32. The van der Waals surface area contributed by atoms with Gasteiger partial charge in [-0.15, -0.1) is 0 Å². The summed E-state index contributed by atoms with van der Waals surface area (Å²) < 4.78 is 11.9. The lowest BCUT2D eigenvalue weighted by Gasteiger charge is -2.25. The van der Waals surface area contributed by atoms with Gasteiger partial charge < -0.3 is 14.4 Å². The number of ether oxygens (including phenoxy) is 2. The number of methoxy groups -OCH3 is 2. The molecule has 0 saturated carbocycles. The van der Waals surface area contributed by atoms with Crippen molar-refractivity contribution < 1.29 is 9.47 Å². The van der Waals surface area contributed by atoms with E-state index >= 15 is 0 Å². The Morgan fingerprint density at radius 3 is 2.47 bits per heavy atom. The zero-order valence-electron chi connectivity index (χ0n) is 11.0. The van der Waals surface area contributed by atoms with Crippen molar-refractivity contribution in [1.29, 1.82) is 0 Å². The molecule has 0 N–H and O–H groups in total. The molecule has 0 atom stereocenters. The molecule has 0 unspecified atom stereocenters. The average molecular weight is 296 g/mol. The van der Waals surface area contributed by atoms with Gasteiger partial charge in [0.2, 0.25) is 0 Å². The summed E-state index contributed by atoms with van der Waals surface area (Å²) in [5.41, 5.74) is 0.903. The van der Waals surface area contributed by atoms with Crippen LogP contribution < -0.4 is 14.4 Å². The van der Waals surface area contributed by atoms with E-state index in [2.05, 4.69) is 4.90 Å². The lowest BCUT2D eigenvalue weighted by molar-refractivity contribution is 0.410. The second-order valence-electron chi connectivity index (χ2n) is 4.24. The SMILES string of the molecule is COc1ccc(OC)c2sc(N3CCSCC3)nc12. The molecule has 0 spiro atoms. The van der Waals surface area contributed by atoms with Crippen LogP contribution in [0.15, 0.2) is 12.1 Å². The Balaban J connectivity index is 2.07. The zero-order valence-corrected chi connectivity index (χ0v) is 12.6. The third-order valence-corrected chi connectivity index (χ3v) is 5.25. The van der Waals surface area contributed by atoms with E-state index in [1.165, 1.54) is 11.5 Å². The average Bonchev–Trinajstić information content (AvgIpc) is 2.92. The van der Waals surface area contributed by atoms with Crippen LogP contribution in [0.25, 0.3) is 10.2 Å². The molecule has 1 aromatic carbocycles. The van der Waals surface area contributed by atoms with Crippen molar-refractivity contribution in [2.75, 3.05) is 43.7 Å². The molecule has 3 rings (SSSR count). The Morgan fingerprint density at radius 2 is 1.79 bits per heavy atom. The maximum absolute atomic E-state index is 5.42. The van der Waals surface area contributed by atoms with Crippen LogP contribution in [-0.4, -0.2) is 43.8 Å². The van der Waals surface area contributed by atoms with Gasteiger partial charge >= 0.3 is 0 Å². The number of fused-ring (bicyclic) bond motifs is 1. The van der Waals surface area contributed by atoms with Gasteiger partial charge in [0, 0.05) is 24.6 Å². The van der Waals surface area contributed by atoms with Crippen molar-refractivity contribution in [2.24, 2.45) is 0 Å². The highest BCUT2D eigenvalue weighted by Gasteiger charge is 2.19. The van der Waals surface area contributed by atoms with E-state index in [9.17, 15) is 0 Å². The number of nitrogens with zero attached hydrogens (tertiary/aromatic N) is 2. The topological polar surface area (TPSA) is 34.6 Å². The summed E-state index contributed by atoms with van der Waals surface area (Å²) in [7, 11) is 3.37. The highest BCUT2D eigenvalue weighted by atomic mass is 32.2. The Morgan fingerprint density at radius 1 is 1.11 bits per heavy atom. The first-order valence-corrected chi connectivity index (χ1v) is 8.15. The number of thiazole rings is 1. The summed E-state index contributed by atoms with van der Waals surface area (Å²) >= 11 is 3.69. The highest BCUT2D eigenvalue weighted by Crippen LogP contribution is 2.40. The van der Waals surface area contributed by atoms with Crippen molar-refractivity contribution in [3.05, 3.63) is 12.1 Å². The fourth-order valence-corrected chi connectivity index (χ4v) is 4.19. The van der Waals surface area contributed by atoms with E-state index in [0.717, 1.165) is 39.9 Å². The van der Waals surface area contributed by atoms with Gasteiger partial charge in [0.15, 0.2) is 5.13 Å². The van der Waals surface area contributed by atoms with Crippen LogP contribution in [0.1, 0.15) is 0 Å². The maximum Gasteiger partial charge on any atom is 0.186 e. The van der Waals surface area contributed by atoms with Gasteiger partial charge in [0.05, 0.1) is 14.2 Å². The van der Waals surface area contributed by atoms with E-state index in [1.807, 2.05) is 23.9 Å². The minimum atomic E-state index is 0.810. The molecule has 1 aliphatic rings. The molecule has 1 saturated heterocycles. The van der Waals surface area contributed by atoms with Crippen LogP contribution in [0.3, 0.4) is 0 Å². The van der Waals surface area contributed by atoms with E-state index in [4.69, 9.17) is 14.5 Å². The monoisotopic (exact) mass is 296 g/mol. The fraction of sp³-hybridized carbons (Fsp3) is 0.462. The second kappa shape index (κ2) is 5.46. The molecule has 1 fully saturated rings. The molecule has 0 bridgehead atoms. The zero-order chi connectivity index (χ0) is 13.2.